The number of hydrogen-bond acceptors (Lipinski definition) is 8. The van der Waals surface area contributed by atoms with Gasteiger partial charge in [0.05, 0.1) is 5.39 Å². The Hall–Kier alpha value is -2.91. The van der Waals surface area contributed by atoms with E-state index in [2.05, 4.69) is 20.7 Å². The third-order valence-electron chi connectivity index (χ3n) is 3.72. The molecule has 0 aliphatic carbocycles. The summed E-state index contributed by atoms with van der Waals surface area (Å²) in [5, 5.41) is 16.9. The summed E-state index contributed by atoms with van der Waals surface area (Å²) >= 11 is 2.93. The highest BCUT2D eigenvalue weighted by Crippen LogP contribution is 2.40. The van der Waals surface area contributed by atoms with Crippen molar-refractivity contribution in [3.63, 3.8) is 0 Å². The van der Waals surface area contributed by atoms with Crippen molar-refractivity contribution in [3.05, 3.63) is 48.2 Å². The van der Waals surface area contributed by atoms with Crippen LogP contribution < -0.4 is 11.1 Å². The first kappa shape index (κ1) is 16.6. The molecule has 0 aliphatic heterocycles. The van der Waals surface area contributed by atoms with Crippen LogP contribution in [0.5, 0.6) is 0 Å². The molecule has 26 heavy (non-hydrogen) atoms. The summed E-state index contributed by atoms with van der Waals surface area (Å²) in [7, 11) is 0. The molecule has 0 bridgehead atoms. The lowest BCUT2D eigenvalue weighted by molar-refractivity contribution is 0.0967. The second kappa shape index (κ2) is 6.77. The first-order valence-corrected chi connectivity index (χ1v) is 9.63. The topological polar surface area (TPSA) is 107 Å². The van der Waals surface area contributed by atoms with E-state index in [1.807, 2.05) is 42.7 Å². The van der Waals surface area contributed by atoms with Crippen molar-refractivity contribution >= 4 is 51.3 Å². The van der Waals surface area contributed by atoms with Gasteiger partial charge in [0.15, 0.2) is 9.35 Å². The Morgan fingerprint density at radius 3 is 2.69 bits per heavy atom. The van der Waals surface area contributed by atoms with Crippen LogP contribution in [0.25, 0.3) is 21.5 Å². The van der Waals surface area contributed by atoms with Gasteiger partial charge in [-0.1, -0.05) is 46.5 Å². The Kier molecular flexibility index (Phi) is 4.31. The molecular formula is C17H13N5O2S2. The van der Waals surface area contributed by atoms with Crippen molar-refractivity contribution in [1.29, 1.82) is 0 Å². The minimum absolute atomic E-state index is 0.00705. The number of aromatic nitrogens is 3. The van der Waals surface area contributed by atoms with Crippen molar-refractivity contribution in [2.45, 2.75) is 4.34 Å². The molecule has 4 aromatic rings. The van der Waals surface area contributed by atoms with E-state index in [4.69, 9.17) is 10.3 Å². The number of carbonyl (C=O) groups is 1. The average Bonchev–Trinajstić information content (AvgIpc) is 3.29. The Morgan fingerprint density at radius 1 is 1.19 bits per heavy atom. The van der Waals surface area contributed by atoms with Crippen molar-refractivity contribution < 1.29 is 9.32 Å². The molecule has 7 nitrogen and oxygen atoms in total. The number of nitrogens with two attached hydrogens (primary N) is 1. The molecule has 9 heteroatoms. The summed E-state index contributed by atoms with van der Waals surface area (Å²) in [6.07, 6.45) is 1.93. The van der Waals surface area contributed by atoms with Gasteiger partial charge in [0.2, 0.25) is 5.76 Å². The van der Waals surface area contributed by atoms with Crippen molar-refractivity contribution in [3.8, 4) is 10.6 Å². The zero-order chi connectivity index (χ0) is 18.1. The number of nitrogens with one attached hydrogen (secondary N) is 1. The summed E-state index contributed by atoms with van der Waals surface area (Å²) in [6, 6.07) is 13.4. The smallest absolute Gasteiger partial charge is 0.288 e. The van der Waals surface area contributed by atoms with E-state index in [1.54, 1.807) is 6.07 Å². The fourth-order valence-corrected chi connectivity index (χ4v) is 3.94. The minimum atomic E-state index is -0.680. The van der Waals surface area contributed by atoms with Crippen LogP contribution in [0.15, 0.2) is 51.3 Å². The van der Waals surface area contributed by atoms with Crippen LogP contribution in [0.4, 0.5) is 11.4 Å². The minimum Gasteiger partial charge on any atom is -0.363 e. The Bertz CT molecular complexity index is 1090. The fourth-order valence-electron chi connectivity index (χ4n) is 2.60. The molecule has 0 saturated carbocycles. The predicted molar refractivity (Wildman–Crippen MR) is 103 cm³/mol. The lowest BCUT2D eigenvalue weighted by Gasteiger charge is -2.11. The van der Waals surface area contributed by atoms with Gasteiger partial charge in [-0.3, -0.25) is 4.79 Å². The van der Waals surface area contributed by atoms with Gasteiger partial charge in [-0.2, -0.15) is 0 Å². The Labute approximate surface area is 156 Å². The molecule has 3 N–H and O–H groups in total. The van der Waals surface area contributed by atoms with E-state index in [1.165, 1.54) is 23.1 Å². The molecular weight excluding hydrogens is 370 g/mol. The average molecular weight is 383 g/mol. The van der Waals surface area contributed by atoms with Crippen LogP contribution in [0.2, 0.25) is 0 Å². The number of carbonyl (C=O) groups excluding carboxylic acids is 1. The summed E-state index contributed by atoms with van der Waals surface area (Å²) in [5.74, 6) is -0.673. The van der Waals surface area contributed by atoms with Gasteiger partial charge in [-0.05, 0) is 30.5 Å². The summed E-state index contributed by atoms with van der Waals surface area (Å²) < 4.78 is 6.00. The van der Waals surface area contributed by atoms with Crippen LogP contribution in [-0.2, 0) is 0 Å². The third-order valence-corrected chi connectivity index (χ3v) is 5.63. The monoisotopic (exact) mass is 383 g/mol. The van der Waals surface area contributed by atoms with Gasteiger partial charge >= 0.3 is 0 Å². The number of anilines is 2. The zero-order valence-electron chi connectivity index (χ0n) is 13.6. The molecule has 0 unspecified atom stereocenters. The molecule has 2 aromatic carbocycles. The first-order chi connectivity index (χ1) is 12.7. The number of thioether (sulfide) groups is 1. The Morgan fingerprint density at radius 2 is 2.00 bits per heavy atom. The first-order valence-electron chi connectivity index (χ1n) is 7.59. The number of fused-ring (bicyclic) bond motifs is 1. The lowest BCUT2D eigenvalue weighted by atomic mass is 10.1. The van der Waals surface area contributed by atoms with Crippen LogP contribution in [0.1, 0.15) is 10.6 Å². The van der Waals surface area contributed by atoms with Gasteiger partial charge in [0, 0.05) is 16.9 Å². The molecule has 0 radical (unpaired) electrons. The normalized spacial score (nSPS) is 11.0. The largest absolute Gasteiger partial charge is 0.363 e. The highest BCUT2D eigenvalue weighted by Gasteiger charge is 2.23. The van der Waals surface area contributed by atoms with E-state index in [9.17, 15) is 4.79 Å². The molecule has 0 saturated heterocycles. The summed E-state index contributed by atoms with van der Waals surface area (Å²) in [4.78, 5) is 11.8. The summed E-state index contributed by atoms with van der Waals surface area (Å²) in [5.41, 5.74) is 8.37. The van der Waals surface area contributed by atoms with E-state index in [0.29, 0.717) is 21.5 Å². The molecule has 0 spiro atoms. The predicted octanol–water partition coefficient (Wildman–Crippen LogP) is 3.91. The summed E-state index contributed by atoms with van der Waals surface area (Å²) in [6.45, 7) is 0. The molecule has 1 amide bonds. The molecule has 2 heterocycles. The molecule has 4 rings (SSSR count). The van der Waals surface area contributed by atoms with Gasteiger partial charge < -0.3 is 15.6 Å². The van der Waals surface area contributed by atoms with E-state index in [0.717, 1.165) is 15.7 Å². The van der Waals surface area contributed by atoms with E-state index < -0.39 is 5.91 Å². The second-order valence-electron chi connectivity index (χ2n) is 5.33. The van der Waals surface area contributed by atoms with Gasteiger partial charge in [-0.15, -0.1) is 10.2 Å². The van der Waals surface area contributed by atoms with Crippen LogP contribution in [0, 0.1) is 0 Å². The van der Waals surface area contributed by atoms with Gasteiger partial charge in [0.1, 0.15) is 5.52 Å². The molecule has 0 fully saturated rings. The number of benzene rings is 2. The lowest BCUT2D eigenvalue weighted by Crippen LogP contribution is -2.10. The molecule has 130 valence electrons. The SMILES string of the molecule is CSc1nnc(-c2c(Nc3ccccc3)ccc3noc(C(N)=O)c23)s1. The number of para-hydroxylation sites is 1. The molecule has 0 atom stereocenters. The fraction of sp³-hybridized carbons (Fsp3) is 0.0588. The highest BCUT2D eigenvalue weighted by atomic mass is 32.2. The highest BCUT2D eigenvalue weighted by molar-refractivity contribution is 8.00. The number of amides is 1. The Balaban J connectivity index is 1.97. The maximum atomic E-state index is 11.8. The molecule has 0 aliphatic rings. The standard InChI is InChI=1S/C17H13N5O2S2/c1-25-17-21-20-16(26-17)13-10(19-9-5-3-2-4-6-9)7-8-11-12(13)14(15(18)23)24-22-11/h2-8,19H,1H3,(H2,18,23). The van der Waals surface area contributed by atoms with Gasteiger partial charge in [-0.25, -0.2) is 0 Å². The maximum absolute atomic E-state index is 11.8. The quantitative estimate of drug-likeness (QED) is 0.503. The van der Waals surface area contributed by atoms with Crippen LogP contribution in [-0.4, -0.2) is 27.5 Å². The van der Waals surface area contributed by atoms with Crippen molar-refractivity contribution in [1.82, 2.24) is 15.4 Å². The second-order valence-corrected chi connectivity index (χ2v) is 7.36. The molecule has 2 aromatic heterocycles. The number of rotatable bonds is 5. The number of nitrogens with zero attached hydrogens (tertiary/aromatic N) is 3. The maximum Gasteiger partial charge on any atom is 0.288 e. The van der Waals surface area contributed by atoms with Crippen LogP contribution >= 0.6 is 23.1 Å². The zero-order valence-corrected chi connectivity index (χ0v) is 15.2. The van der Waals surface area contributed by atoms with Crippen LogP contribution in [0.3, 0.4) is 0 Å². The van der Waals surface area contributed by atoms with Crippen molar-refractivity contribution in [2.75, 3.05) is 11.6 Å². The number of primary amides is 1. The van der Waals surface area contributed by atoms with E-state index in [-0.39, 0.29) is 5.76 Å². The van der Waals surface area contributed by atoms with Gasteiger partial charge in [0.25, 0.3) is 5.91 Å². The number of hydrogen-bond donors (Lipinski definition) is 2. The third kappa shape index (κ3) is 2.91. The van der Waals surface area contributed by atoms with Crippen molar-refractivity contribution in [2.24, 2.45) is 5.73 Å². The van der Waals surface area contributed by atoms with E-state index >= 15 is 0 Å².